The maximum Gasteiger partial charge on any atom is 0.295 e. The summed E-state index contributed by atoms with van der Waals surface area (Å²) < 4.78 is 8.59. The van der Waals surface area contributed by atoms with Crippen LogP contribution < -0.4 is 9.47 Å². The van der Waals surface area contributed by atoms with Crippen molar-refractivity contribution in [3.05, 3.63) is 72.6 Å². The van der Waals surface area contributed by atoms with E-state index in [9.17, 15) is 0 Å². The van der Waals surface area contributed by atoms with Crippen LogP contribution in [0.1, 0.15) is 12.5 Å². The van der Waals surface area contributed by atoms with Gasteiger partial charge in [-0.2, -0.15) is 0 Å². The Hall–Kier alpha value is -3.27. The lowest BCUT2D eigenvalue weighted by Gasteiger charge is -2.23. The number of para-hydroxylation sites is 1. The third-order valence-electron chi connectivity index (χ3n) is 5.91. The monoisotopic (exact) mass is 370 g/mol. The molecule has 0 saturated heterocycles. The van der Waals surface area contributed by atoms with Gasteiger partial charge in [0.15, 0.2) is 6.17 Å². The van der Waals surface area contributed by atoms with Crippen LogP contribution in [0.4, 0.5) is 5.82 Å². The highest BCUT2D eigenvalue weighted by Crippen LogP contribution is 2.38. The molecule has 0 radical (unpaired) electrons. The smallest absolute Gasteiger partial charge is 0.295 e. The minimum Gasteiger partial charge on any atom is -0.456 e. The van der Waals surface area contributed by atoms with Crippen molar-refractivity contribution >= 4 is 27.8 Å². The molecule has 1 aliphatic heterocycles. The molecule has 0 amide bonds. The second-order valence-corrected chi connectivity index (χ2v) is 7.57. The van der Waals surface area contributed by atoms with Gasteiger partial charge in [-0.25, -0.2) is 9.47 Å². The average molecular weight is 370 g/mol. The van der Waals surface area contributed by atoms with Gasteiger partial charge in [-0.15, -0.1) is 0 Å². The fourth-order valence-electron chi connectivity index (χ4n) is 4.19. The van der Waals surface area contributed by atoms with Gasteiger partial charge in [0.2, 0.25) is 0 Å². The van der Waals surface area contributed by atoms with Crippen LogP contribution in [0.25, 0.3) is 33.2 Å². The number of aromatic nitrogens is 1. The molecular formula is C24H24N3O+. The number of fused-ring (bicyclic) bond motifs is 3. The Labute approximate surface area is 164 Å². The molecule has 0 fully saturated rings. The normalized spacial score (nSPS) is 16.6. The first-order chi connectivity index (χ1) is 13.6. The molecule has 4 nitrogen and oxygen atoms in total. The molecule has 1 aliphatic rings. The molecule has 2 aromatic heterocycles. The van der Waals surface area contributed by atoms with Crippen LogP contribution in [-0.4, -0.2) is 18.1 Å². The van der Waals surface area contributed by atoms with E-state index in [0.29, 0.717) is 0 Å². The van der Waals surface area contributed by atoms with Crippen molar-refractivity contribution in [3.8, 4) is 11.3 Å². The van der Waals surface area contributed by atoms with Gasteiger partial charge >= 0.3 is 0 Å². The summed E-state index contributed by atoms with van der Waals surface area (Å²) in [6, 6.07) is 19.0. The largest absolute Gasteiger partial charge is 0.456 e. The Morgan fingerprint density at radius 3 is 2.46 bits per heavy atom. The van der Waals surface area contributed by atoms with Gasteiger partial charge in [0, 0.05) is 30.3 Å². The number of furan rings is 1. The summed E-state index contributed by atoms with van der Waals surface area (Å²) >= 11 is 0. The fourth-order valence-corrected chi connectivity index (χ4v) is 4.19. The summed E-state index contributed by atoms with van der Waals surface area (Å²) in [6.07, 6.45) is 4.51. The molecule has 0 aliphatic carbocycles. The van der Waals surface area contributed by atoms with Crippen molar-refractivity contribution in [1.29, 1.82) is 0 Å². The minimum atomic E-state index is 0.232. The van der Waals surface area contributed by atoms with Crippen LogP contribution in [-0.2, 0) is 7.05 Å². The first kappa shape index (κ1) is 16.9. The molecule has 28 heavy (non-hydrogen) atoms. The number of hydrogen-bond acceptors (Lipinski definition) is 3. The SMILES string of the molecule is Cc1ccccc1-c1cc2oc3ccccc3c2c(N2C=CN(C)[C@@H]2C)[n+]1C. The van der Waals surface area contributed by atoms with Crippen LogP contribution in [0, 0.1) is 6.92 Å². The number of aryl methyl sites for hydroxylation is 1. The van der Waals surface area contributed by atoms with Crippen LogP contribution in [0.5, 0.6) is 0 Å². The van der Waals surface area contributed by atoms with Crippen molar-refractivity contribution in [1.82, 2.24) is 4.90 Å². The van der Waals surface area contributed by atoms with E-state index in [2.05, 4.69) is 97.2 Å². The Kier molecular flexibility index (Phi) is 3.69. The minimum absolute atomic E-state index is 0.232. The summed E-state index contributed by atoms with van der Waals surface area (Å²) in [5.41, 5.74) is 5.46. The molecule has 2 aromatic carbocycles. The molecule has 0 saturated carbocycles. The van der Waals surface area contributed by atoms with E-state index < -0.39 is 0 Å². The van der Waals surface area contributed by atoms with Crippen molar-refractivity contribution in [2.75, 3.05) is 11.9 Å². The molecule has 0 bridgehead atoms. The van der Waals surface area contributed by atoms with Crippen molar-refractivity contribution in [2.45, 2.75) is 20.0 Å². The van der Waals surface area contributed by atoms with Gasteiger partial charge < -0.3 is 9.32 Å². The lowest BCUT2D eigenvalue weighted by Crippen LogP contribution is -2.43. The van der Waals surface area contributed by atoms with E-state index in [0.717, 1.165) is 33.5 Å². The molecule has 1 atom stereocenters. The predicted molar refractivity (Wildman–Crippen MR) is 114 cm³/mol. The number of benzene rings is 2. The molecule has 4 aromatic rings. The van der Waals surface area contributed by atoms with Crippen LogP contribution in [0.3, 0.4) is 0 Å². The van der Waals surface area contributed by atoms with Crippen molar-refractivity contribution < 1.29 is 8.98 Å². The van der Waals surface area contributed by atoms with Crippen LogP contribution in [0.2, 0.25) is 0 Å². The molecule has 5 rings (SSSR count). The third-order valence-corrected chi connectivity index (χ3v) is 5.91. The van der Waals surface area contributed by atoms with Gasteiger partial charge in [0.25, 0.3) is 5.82 Å². The molecule has 0 N–H and O–H groups in total. The topological polar surface area (TPSA) is 23.5 Å². The van der Waals surface area contributed by atoms with Crippen molar-refractivity contribution in [2.24, 2.45) is 7.05 Å². The fraction of sp³-hybridized carbons (Fsp3) is 0.208. The van der Waals surface area contributed by atoms with Gasteiger partial charge in [-0.05, 0) is 25.5 Å². The summed E-state index contributed by atoms with van der Waals surface area (Å²) in [7, 11) is 4.26. The highest BCUT2D eigenvalue weighted by atomic mass is 16.3. The highest BCUT2D eigenvalue weighted by Gasteiger charge is 2.34. The second-order valence-electron chi connectivity index (χ2n) is 7.57. The molecule has 140 valence electrons. The Bertz CT molecular complexity index is 1240. The Balaban J connectivity index is 1.90. The van der Waals surface area contributed by atoms with Gasteiger partial charge in [-0.1, -0.05) is 42.5 Å². The molecule has 3 heterocycles. The van der Waals surface area contributed by atoms with E-state index in [4.69, 9.17) is 4.42 Å². The first-order valence-electron chi connectivity index (χ1n) is 9.65. The molecule has 0 spiro atoms. The number of anilines is 1. The maximum absolute atomic E-state index is 6.29. The molecule has 0 unspecified atom stereocenters. The maximum atomic E-state index is 6.29. The lowest BCUT2D eigenvalue weighted by atomic mass is 10.0. The number of rotatable bonds is 2. The molecule has 4 heteroatoms. The lowest BCUT2D eigenvalue weighted by molar-refractivity contribution is -0.646. The van der Waals surface area contributed by atoms with E-state index in [1.54, 1.807) is 0 Å². The summed E-state index contributed by atoms with van der Waals surface area (Å²) in [4.78, 5) is 4.54. The van der Waals surface area contributed by atoms with Crippen LogP contribution >= 0.6 is 0 Å². The van der Waals surface area contributed by atoms with E-state index in [1.165, 1.54) is 11.1 Å². The van der Waals surface area contributed by atoms with E-state index >= 15 is 0 Å². The standard InChI is InChI=1S/C24H24N3O/c1-16-9-5-6-10-18(16)20-15-22-23(19-11-7-8-12-21(19)28-22)24(26(20)4)27-14-13-25(3)17(27)2/h5-15,17H,1-4H3/q+1/t17-/m0/s1. The summed E-state index contributed by atoms with van der Waals surface area (Å²) in [6.45, 7) is 4.37. The first-order valence-corrected chi connectivity index (χ1v) is 9.65. The number of pyridine rings is 1. The third kappa shape index (κ3) is 2.34. The van der Waals surface area contributed by atoms with Crippen molar-refractivity contribution in [3.63, 3.8) is 0 Å². The average Bonchev–Trinajstić information content (AvgIpc) is 3.23. The second kappa shape index (κ2) is 6.13. The van der Waals surface area contributed by atoms with Gasteiger partial charge in [0.1, 0.15) is 28.4 Å². The van der Waals surface area contributed by atoms with E-state index in [1.807, 2.05) is 12.1 Å². The van der Waals surface area contributed by atoms with Gasteiger partial charge in [-0.3, -0.25) is 0 Å². The Morgan fingerprint density at radius 2 is 1.71 bits per heavy atom. The quantitative estimate of drug-likeness (QED) is 0.466. The summed E-state index contributed by atoms with van der Waals surface area (Å²) in [5, 5.41) is 2.30. The van der Waals surface area contributed by atoms with E-state index in [-0.39, 0.29) is 6.17 Å². The number of nitrogens with zero attached hydrogens (tertiary/aromatic N) is 3. The van der Waals surface area contributed by atoms with Crippen LogP contribution in [0.15, 0.2) is 71.4 Å². The zero-order chi connectivity index (χ0) is 19.4. The Morgan fingerprint density at radius 1 is 0.964 bits per heavy atom. The summed E-state index contributed by atoms with van der Waals surface area (Å²) in [5.74, 6) is 1.15. The predicted octanol–water partition coefficient (Wildman–Crippen LogP) is 4.95. The zero-order valence-electron chi connectivity index (χ0n) is 16.7. The number of hydrogen-bond donors (Lipinski definition) is 0. The highest BCUT2D eigenvalue weighted by molar-refractivity contribution is 6.10. The zero-order valence-corrected chi connectivity index (χ0v) is 16.7. The van der Waals surface area contributed by atoms with Gasteiger partial charge in [0.05, 0.1) is 7.05 Å². The molecular weight excluding hydrogens is 346 g/mol.